The van der Waals surface area contributed by atoms with Gasteiger partial charge in [-0.1, -0.05) is 18.2 Å². The van der Waals surface area contributed by atoms with Crippen LogP contribution in [0.5, 0.6) is 0 Å². The predicted octanol–water partition coefficient (Wildman–Crippen LogP) is 3.27. The van der Waals surface area contributed by atoms with Crippen LogP contribution >= 0.6 is 0 Å². The molecule has 3 rings (SSSR count). The van der Waals surface area contributed by atoms with Crippen molar-refractivity contribution < 1.29 is 4.79 Å². The summed E-state index contributed by atoms with van der Waals surface area (Å²) in [4.78, 5) is 27.0. The average Bonchev–Trinajstić information content (AvgIpc) is 2.68. The first-order valence-electron chi connectivity index (χ1n) is 8.50. The molecule has 0 aliphatic rings. The van der Waals surface area contributed by atoms with Crippen molar-refractivity contribution >= 4 is 17.5 Å². The van der Waals surface area contributed by atoms with E-state index in [9.17, 15) is 4.79 Å². The number of amides is 1. The fourth-order valence-corrected chi connectivity index (χ4v) is 2.60. The van der Waals surface area contributed by atoms with Gasteiger partial charge in [-0.15, -0.1) is 0 Å². The Bertz CT molecular complexity index is 865. The molecule has 0 atom stereocenters. The van der Waals surface area contributed by atoms with E-state index in [1.165, 1.54) is 5.56 Å². The Labute approximate surface area is 153 Å². The molecule has 1 amide bonds. The number of carbonyl (C=O) groups excluding carboxylic acids is 1. The first-order chi connectivity index (χ1) is 12.7. The number of hydrogen-bond acceptors (Lipinski definition) is 5. The van der Waals surface area contributed by atoms with Gasteiger partial charge in [0.15, 0.2) is 0 Å². The molecule has 0 aliphatic heterocycles. The highest BCUT2D eigenvalue weighted by atomic mass is 16.1. The number of carbonyl (C=O) groups is 1. The van der Waals surface area contributed by atoms with Gasteiger partial charge in [-0.25, -0.2) is 9.97 Å². The normalized spacial score (nSPS) is 10.4. The summed E-state index contributed by atoms with van der Waals surface area (Å²) in [6, 6.07) is 11.9. The molecular weight excluding hydrogens is 326 g/mol. The fraction of sp³-hybridized carbons (Fsp3) is 0.200. The zero-order valence-electron chi connectivity index (χ0n) is 14.9. The van der Waals surface area contributed by atoms with E-state index in [-0.39, 0.29) is 5.91 Å². The van der Waals surface area contributed by atoms with Gasteiger partial charge < -0.3 is 10.2 Å². The van der Waals surface area contributed by atoms with E-state index in [4.69, 9.17) is 0 Å². The number of aryl methyl sites for hydroxylation is 1. The monoisotopic (exact) mass is 347 g/mol. The highest BCUT2D eigenvalue weighted by Gasteiger charge is 2.12. The van der Waals surface area contributed by atoms with Crippen molar-refractivity contribution in [3.8, 4) is 0 Å². The number of nitrogens with one attached hydrogen (secondary N) is 1. The standard InChI is InChI=1S/C20H21N5O/c1-3-25(18-8-4-6-15(2)10-18)20-23-13-17(14-24-20)19(26)22-12-16-7-5-9-21-11-16/h4-11,13-14H,3,12H2,1-2H3,(H,22,26). The molecule has 2 aromatic heterocycles. The Hall–Kier alpha value is -3.28. The van der Waals surface area contributed by atoms with Gasteiger partial charge in [0.1, 0.15) is 0 Å². The third-order valence-electron chi connectivity index (χ3n) is 3.95. The van der Waals surface area contributed by atoms with E-state index < -0.39 is 0 Å². The van der Waals surface area contributed by atoms with Crippen LogP contribution < -0.4 is 10.2 Å². The summed E-state index contributed by atoms with van der Waals surface area (Å²) in [5.41, 5.74) is 3.57. The van der Waals surface area contributed by atoms with E-state index in [1.54, 1.807) is 24.8 Å². The minimum Gasteiger partial charge on any atom is -0.348 e. The third kappa shape index (κ3) is 4.22. The van der Waals surface area contributed by atoms with Crippen LogP contribution in [-0.4, -0.2) is 27.4 Å². The van der Waals surface area contributed by atoms with Crippen LogP contribution in [0.1, 0.15) is 28.4 Å². The molecular formula is C20H21N5O. The fourth-order valence-electron chi connectivity index (χ4n) is 2.60. The van der Waals surface area contributed by atoms with Crippen LogP contribution in [0.2, 0.25) is 0 Å². The third-order valence-corrected chi connectivity index (χ3v) is 3.95. The quantitative estimate of drug-likeness (QED) is 0.741. The Kier molecular flexibility index (Phi) is 5.53. The Morgan fingerprint density at radius 1 is 1.12 bits per heavy atom. The van der Waals surface area contributed by atoms with E-state index in [0.29, 0.717) is 18.1 Å². The lowest BCUT2D eigenvalue weighted by Gasteiger charge is -2.21. The largest absolute Gasteiger partial charge is 0.348 e. The molecule has 2 heterocycles. The van der Waals surface area contributed by atoms with Gasteiger partial charge in [-0.2, -0.15) is 0 Å². The van der Waals surface area contributed by atoms with Crippen molar-refractivity contribution in [1.29, 1.82) is 0 Å². The van der Waals surface area contributed by atoms with Crippen molar-refractivity contribution in [2.45, 2.75) is 20.4 Å². The maximum absolute atomic E-state index is 12.3. The molecule has 6 heteroatoms. The summed E-state index contributed by atoms with van der Waals surface area (Å²) in [5, 5.41) is 2.84. The zero-order valence-corrected chi connectivity index (χ0v) is 14.9. The molecule has 0 radical (unpaired) electrons. The van der Waals surface area contributed by atoms with Gasteiger partial charge >= 0.3 is 0 Å². The number of benzene rings is 1. The molecule has 132 valence electrons. The van der Waals surface area contributed by atoms with Gasteiger partial charge in [-0.3, -0.25) is 9.78 Å². The molecule has 0 fully saturated rings. The summed E-state index contributed by atoms with van der Waals surface area (Å²) < 4.78 is 0. The molecule has 0 unspecified atom stereocenters. The number of pyridine rings is 1. The number of rotatable bonds is 6. The predicted molar refractivity (Wildman–Crippen MR) is 101 cm³/mol. The van der Waals surface area contributed by atoms with Crippen molar-refractivity contribution in [2.24, 2.45) is 0 Å². The van der Waals surface area contributed by atoms with Gasteiger partial charge in [0, 0.05) is 43.6 Å². The van der Waals surface area contributed by atoms with Crippen molar-refractivity contribution in [3.05, 3.63) is 77.9 Å². The first kappa shape index (κ1) is 17.5. The van der Waals surface area contributed by atoms with Gasteiger partial charge in [0.2, 0.25) is 5.95 Å². The molecule has 26 heavy (non-hydrogen) atoms. The molecule has 0 saturated heterocycles. The zero-order chi connectivity index (χ0) is 18.4. The average molecular weight is 347 g/mol. The van der Waals surface area contributed by atoms with Crippen molar-refractivity contribution in [1.82, 2.24) is 20.3 Å². The maximum Gasteiger partial charge on any atom is 0.254 e. The van der Waals surface area contributed by atoms with Gasteiger partial charge in [0.05, 0.1) is 5.56 Å². The highest BCUT2D eigenvalue weighted by molar-refractivity contribution is 5.93. The molecule has 0 bridgehead atoms. The lowest BCUT2D eigenvalue weighted by molar-refractivity contribution is 0.0950. The van der Waals surface area contributed by atoms with Crippen LogP contribution in [0.3, 0.4) is 0 Å². The smallest absolute Gasteiger partial charge is 0.254 e. The van der Waals surface area contributed by atoms with E-state index in [0.717, 1.165) is 17.8 Å². The second-order valence-electron chi connectivity index (χ2n) is 5.90. The molecule has 3 aromatic rings. The molecule has 0 aliphatic carbocycles. The van der Waals surface area contributed by atoms with E-state index in [2.05, 4.69) is 26.3 Å². The van der Waals surface area contributed by atoms with Gasteiger partial charge in [0.25, 0.3) is 5.91 Å². The molecule has 1 aromatic carbocycles. The van der Waals surface area contributed by atoms with Crippen molar-refractivity contribution in [3.63, 3.8) is 0 Å². The first-order valence-corrected chi connectivity index (χ1v) is 8.50. The van der Waals surface area contributed by atoms with Crippen LogP contribution in [-0.2, 0) is 6.54 Å². The van der Waals surface area contributed by atoms with Gasteiger partial charge in [-0.05, 0) is 43.2 Å². The topological polar surface area (TPSA) is 71.0 Å². The number of nitrogens with zero attached hydrogens (tertiary/aromatic N) is 4. The van der Waals surface area contributed by atoms with Crippen LogP contribution in [0.15, 0.2) is 61.2 Å². The molecule has 6 nitrogen and oxygen atoms in total. The highest BCUT2D eigenvalue weighted by Crippen LogP contribution is 2.22. The molecule has 0 saturated carbocycles. The summed E-state index contributed by atoms with van der Waals surface area (Å²) in [5.74, 6) is 0.362. The lowest BCUT2D eigenvalue weighted by atomic mass is 10.2. The summed E-state index contributed by atoms with van der Waals surface area (Å²) in [6.07, 6.45) is 6.53. The van der Waals surface area contributed by atoms with Crippen LogP contribution in [0.25, 0.3) is 0 Å². The Morgan fingerprint density at radius 2 is 1.92 bits per heavy atom. The SMILES string of the molecule is CCN(c1cccc(C)c1)c1ncc(C(=O)NCc2cccnc2)cn1. The second-order valence-corrected chi connectivity index (χ2v) is 5.90. The van der Waals surface area contributed by atoms with E-state index >= 15 is 0 Å². The number of aromatic nitrogens is 3. The number of hydrogen-bond donors (Lipinski definition) is 1. The molecule has 1 N–H and O–H groups in total. The minimum absolute atomic E-state index is 0.209. The van der Waals surface area contributed by atoms with Crippen LogP contribution in [0.4, 0.5) is 11.6 Å². The lowest BCUT2D eigenvalue weighted by Crippen LogP contribution is -2.24. The van der Waals surface area contributed by atoms with E-state index in [1.807, 2.05) is 49.1 Å². The van der Waals surface area contributed by atoms with Crippen molar-refractivity contribution in [2.75, 3.05) is 11.4 Å². The van der Waals surface area contributed by atoms with Crippen LogP contribution in [0, 0.1) is 6.92 Å². The number of anilines is 2. The Balaban J connectivity index is 1.70. The summed E-state index contributed by atoms with van der Waals surface area (Å²) >= 11 is 0. The summed E-state index contributed by atoms with van der Waals surface area (Å²) in [7, 11) is 0. The minimum atomic E-state index is -0.209. The summed E-state index contributed by atoms with van der Waals surface area (Å²) in [6.45, 7) is 5.24. The molecule has 0 spiro atoms. The Morgan fingerprint density at radius 3 is 2.58 bits per heavy atom. The maximum atomic E-state index is 12.3. The second kappa shape index (κ2) is 8.20.